The van der Waals surface area contributed by atoms with Crippen LogP contribution in [-0.2, 0) is 14.8 Å². The lowest BCUT2D eigenvalue weighted by Gasteiger charge is -2.24. The highest BCUT2D eigenvalue weighted by molar-refractivity contribution is 7.92. The average molecular weight is 485 g/mol. The van der Waals surface area contributed by atoms with E-state index in [1.54, 1.807) is 42.5 Å². The summed E-state index contributed by atoms with van der Waals surface area (Å²) in [6.45, 7) is -0.485. The first kappa shape index (κ1) is 21.9. The van der Waals surface area contributed by atoms with E-state index in [2.05, 4.69) is 15.5 Å². The third-order valence-electron chi connectivity index (χ3n) is 4.43. The fourth-order valence-corrected chi connectivity index (χ4v) is 5.45. The molecule has 0 atom stereocenters. The second-order valence-electron chi connectivity index (χ2n) is 6.60. The first-order valence-corrected chi connectivity index (χ1v) is 12.1. The van der Waals surface area contributed by atoms with Gasteiger partial charge in [-0.3, -0.25) is 14.4 Å². The summed E-state index contributed by atoms with van der Waals surface area (Å²) in [4.78, 5) is 12.9. The van der Waals surface area contributed by atoms with Crippen LogP contribution < -0.4 is 9.62 Å². The number of aromatic nitrogens is 2. The van der Waals surface area contributed by atoms with Gasteiger partial charge in [-0.1, -0.05) is 83.6 Å². The number of anilines is 2. The largest absolute Gasteiger partial charge is 0.299 e. The highest BCUT2D eigenvalue weighted by atomic mass is 35.5. The van der Waals surface area contributed by atoms with Crippen molar-refractivity contribution >= 4 is 49.7 Å². The average Bonchev–Trinajstić information content (AvgIpc) is 3.27. The van der Waals surface area contributed by atoms with Crippen LogP contribution in [0.15, 0.2) is 89.8 Å². The number of benzene rings is 3. The maximum Gasteiger partial charge on any atom is 0.264 e. The molecule has 0 aliphatic rings. The Bertz CT molecular complexity index is 1330. The Morgan fingerprint density at radius 2 is 1.53 bits per heavy atom. The Morgan fingerprint density at radius 1 is 0.906 bits per heavy atom. The molecule has 1 aromatic heterocycles. The van der Waals surface area contributed by atoms with Gasteiger partial charge in [-0.15, -0.1) is 10.2 Å². The summed E-state index contributed by atoms with van der Waals surface area (Å²) in [6, 6.07) is 23.8. The number of sulfonamides is 1. The minimum absolute atomic E-state index is 0.0509. The minimum Gasteiger partial charge on any atom is -0.299 e. The lowest BCUT2D eigenvalue weighted by atomic mass is 10.2. The zero-order chi connectivity index (χ0) is 22.6. The predicted molar refractivity (Wildman–Crippen MR) is 126 cm³/mol. The number of hydrogen-bond donors (Lipinski definition) is 1. The molecule has 162 valence electrons. The van der Waals surface area contributed by atoms with E-state index in [4.69, 9.17) is 11.6 Å². The van der Waals surface area contributed by atoms with Gasteiger partial charge in [0.05, 0.1) is 15.6 Å². The number of rotatable bonds is 7. The van der Waals surface area contributed by atoms with Gasteiger partial charge < -0.3 is 0 Å². The van der Waals surface area contributed by atoms with E-state index >= 15 is 0 Å². The normalized spacial score (nSPS) is 11.2. The van der Waals surface area contributed by atoms with Crippen LogP contribution in [0, 0.1) is 0 Å². The van der Waals surface area contributed by atoms with Gasteiger partial charge in [0.15, 0.2) is 0 Å². The summed E-state index contributed by atoms with van der Waals surface area (Å²) < 4.78 is 27.6. The Hall–Kier alpha value is -3.27. The van der Waals surface area contributed by atoms with Crippen LogP contribution in [0.2, 0.25) is 5.02 Å². The van der Waals surface area contributed by atoms with E-state index in [1.807, 2.05) is 30.3 Å². The molecule has 0 bridgehead atoms. The van der Waals surface area contributed by atoms with Crippen LogP contribution in [0.5, 0.6) is 0 Å². The second kappa shape index (κ2) is 9.47. The molecule has 0 aliphatic carbocycles. The van der Waals surface area contributed by atoms with Crippen LogP contribution in [-0.4, -0.2) is 31.1 Å². The highest BCUT2D eigenvalue weighted by Crippen LogP contribution is 2.31. The standard InChI is InChI=1S/C22H17ClN4O3S2/c23-18-13-7-8-14-19(18)27(32(29,30)17-11-5-2-6-12-17)15-20(28)24-22-26-25-21(31-22)16-9-3-1-4-10-16/h1-14H,15H2,(H,24,26,28). The lowest BCUT2D eigenvalue weighted by Crippen LogP contribution is -2.38. The summed E-state index contributed by atoms with van der Waals surface area (Å²) in [6.07, 6.45) is 0. The molecular weight excluding hydrogens is 468 g/mol. The lowest BCUT2D eigenvalue weighted by molar-refractivity contribution is -0.114. The summed E-state index contributed by atoms with van der Waals surface area (Å²) in [5, 5.41) is 11.8. The number of hydrogen-bond acceptors (Lipinski definition) is 6. The number of nitrogens with one attached hydrogen (secondary N) is 1. The maximum absolute atomic E-state index is 13.3. The maximum atomic E-state index is 13.3. The van der Waals surface area contributed by atoms with Crippen LogP contribution in [0.25, 0.3) is 10.6 Å². The van der Waals surface area contributed by atoms with Gasteiger partial charge in [0.25, 0.3) is 10.0 Å². The number of amides is 1. The molecule has 4 rings (SSSR count). The Kier molecular flexibility index (Phi) is 6.50. The molecule has 1 amide bonds. The van der Waals surface area contributed by atoms with E-state index in [0.717, 1.165) is 9.87 Å². The van der Waals surface area contributed by atoms with E-state index < -0.39 is 22.5 Å². The molecule has 0 saturated carbocycles. The molecule has 0 fully saturated rings. The van der Waals surface area contributed by atoms with Gasteiger partial charge >= 0.3 is 0 Å². The molecule has 4 aromatic rings. The zero-order valence-electron chi connectivity index (χ0n) is 16.6. The smallest absolute Gasteiger partial charge is 0.264 e. The van der Waals surface area contributed by atoms with Gasteiger partial charge in [0, 0.05) is 5.56 Å². The zero-order valence-corrected chi connectivity index (χ0v) is 18.9. The van der Waals surface area contributed by atoms with Gasteiger partial charge in [-0.2, -0.15) is 0 Å². The van der Waals surface area contributed by atoms with Crippen molar-refractivity contribution in [2.75, 3.05) is 16.2 Å². The van der Waals surface area contributed by atoms with Crippen molar-refractivity contribution in [3.05, 3.63) is 90.0 Å². The van der Waals surface area contributed by atoms with Crippen molar-refractivity contribution in [3.63, 3.8) is 0 Å². The molecular formula is C22H17ClN4O3S2. The van der Waals surface area contributed by atoms with E-state index in [1.165, 1.54) is 23.5 Å². The Balaban J connectivity index is 1.60. The van der Waals surface area contributed by atoms with E-state index in [-0.39, 0.29) is 20.7 Å². The molecule has 1 N–H and O–H groups in total. The second-order valence-corrected chi connectivity index (χ2v) is 9.85. The van der Waals surface area contributed by atoms with Gasteiger partial charge in [0.2, 0.25) is 11.0 Å². The number of carbonyl (C=O) groups is 1. The SMILES string of the molecule is O=C(CN(c1ccccc1Cl)S(=O)(=O)c1ccccc1)Nc1nnc(-c2ccccc2)s1. The monoisotopic (exact) mass is 484 g/mol. The third kappa shape index (κ3) is 4.80. The van der Waals surface area contributed by atoms with Gasteiger partial charge in [0.1, 0.15) is 11.6 Å². The Morgan fingerprint density at radius 3 is 2.22 bits per heavy atom. The Labute approximate surface area is 194 Å². The molecule has 7 nitrogen and oxygen atoms in total. The molecule has 0 radical (unpaired) electrons. The van der Waals surface area contributed by atoms with Crippen molar-refractivity contribution in [3.8, 4) is 10.6 Å². The summed E-state index contributed by atoms with van der Waals surface area (Å²) >= 11 is 7.47. The number of carbonyl (C=O) groups excluding carboxylic acids is 1. The molecule has 3 aromatic carbocycles. The van der Waals surface area contributed by atoms with Crippen molar-refractivity contribution in [1.82, 2.24) is 10.2 Å². The first-order chi connectivity index (χ1) is 15.4. The third-order valence-corrected chi connectivity index (χ3v) is 7.41. The molecule has 10 heteroatoms. The van der Waals surface area contributed by atoms with E-state index in [9.17, 15) is 13.2 Å². The van der Waals surface area contributed by atoms with E-state index in [0.29, 0.717) is 5.01 Å². The van der Waals surface area contributed by atoms with Crippen LogP contribution in [0.4, 0.5) is 10.8 Å². The van der Waals surface area contributed by atoms with Crippen molar-refractivity contribution in [2.24, 2.45) is 0 Å². The summed E-state index contributed by atoms with van der Waals surface area (Å²) in [5.74, 6) is -0.569. The fourth-order valence-electron chi connectivity index (χ4n) is 2.93. The van der Waals surface area contributed by atoms with Crippen LogP contribution >= 0.6 is 22.9 Å². The molecule has 1 heterocycles. The molecule has 0 saturated heterocycles. The quantitative estimate of drug-likeness (QED) is 0.410. The molecule has 0 spiro atoms. The number of para-hydroxylation sites is 1. The summed E-state index contributed by atoms with van der Waals surface area (Å²) in [5.41, 5.74) is 1.07. The molecule has 0 aliphatic heterocycles. The summed E-state index contributed by atoms with van der Waals surface area (Å²) in [7, 11) is -4.05. The minimum atomic E-state index is -4.05. The van der Waals surface area contributed by atoms with Crippen LogP contribution in [0.3, 0.4) is 0 Å². The highest BCUT2D eigenvalue weighted by Gasteiger charge is 2.28. The van der Waals surface area contributed by atoms with Gasteiger partial charge in [-0.05, 0) is 24.3 Å². The number of nitrogens with zero attached hydrogens (tertiary/aromatic N) is 3. The fraction of sp³-hybridized carbons (Fsp3) is 0.0455. The van der Waals surface area contributed by atoms with Crippen molar-refractivity contribution in [2.45, 2.75) is 4.90 Å². The van der Waals surface area contributed by atoms with Crippen LogP contribution in [0.1, 0.15) is 0 Å². The van der Waals surface area contributed by atoms with Crippen molar-refractivity contribution < 1.29 is 13.2 Å². The molecule has 32 heavy (non-hydrogen) atoms. The number of halogens is 1. The predicted octanol–water partition coefficient (Wildman–Crippen LogP) is 4.69. The topological polar surface area (TPSA) is 92.3 Å². The molecule has 0 unspecified atom stereocenters. The van der Waals surface area contributed by atoms with Crippen molar-refractivity contribution in [1.29, 1.82) is 0 Å². The first-order valence-electron chi connectivity index (χ1n) is 9.46. The van der Waals surface area contributed by atoms with Gasteiger partial charge in [-0.25, -0.2) is 8.42 Å².